The number of hydrogen-bond acceptors (Lipinski definition) is 3. The lowest BCUT2D eigenvalue weighted by molar-refractivity contribution is -0.143. The smallest absolute Gasteiger partial charge is 0.372 e. The van der Waals surface area contributed by atoms with Crippen LogP contribution in [0.25, 0.3) is 0 Å². The average Bonchev–Trinajstić information content (AvgIpc) is 2.97. The van der Waals surface area contributed by atoms with Crippen molar-refractivity contribution in [3.05, 3.63) is 34.9 Å². The minimum Gasteiger partial charge on any atom is -0.372 e. The molecule has 2 bridgehead atoms. The van der Waals surface area contributed by atoms with Gasteiger partial charge in [0.25, 0.3) is 0 Å². The summed E-state index contributed by atoms with van der Waals surface area (Å²) < 4.78 is 84.4. The van der Waals surface area contributed by atoms with Crippen molar-refractivity contribution >= 4 is 5.91 Å². The Bertz CT molecular complexity index is 793. The van der Waals surface area contributed by atoms with E-state index in [0.29, 0.717) is 37.9 Å². The Balaban J connectivity index is 1.70. The fourth-order valence-electron chi connectivity index (χ4n) is 4.69. The highest BCUT2D eigenvalue weighted by molar-refractivity contribution is 5.80. The quantitative estimate of drug-likeness (QED) is 0.437. The summed E-state index contributed by atoms with van der Waals surface area (Å²) in [6.45, 7) is 4.14. The predicted octanol–water partition coefficient (Wildman–Crippen LogP) is 5.06. The van der Waals surface area contributed by atoms with Crippen LogP contribution in [0.3, 0.4) is 0 Å². The monoisotopic (exact) mass is 466 g/mol. The van der Waals surface area contributed by atoms with E-state index in [-0.39, 0.29) is 36.1 Å². The number of benzene rings is 1. The van der Waals surface area contributed by atoms with E-state index in [1.54, 1.807) is 0 Å². The molecule has 2 N–H and O–H groups in total. The first kappa shape index (κ1) is 24.8. The molecule has 0 aliphatic carbocycles. The molecule has 180 valence electrons. The normalized spacial score (nSPS) is 28.1. The van der Waals surface area contributed by atoms with Gasteiger partial charge in [0.2, 0.25) is 5.91 Å². The van der Waals surface area contributed by atoms with Crippen LogP contribution >= 0.6 is 0 Å². The van der Waals surface area contributed by atoms with E-state index in [1.165, 1.54) is 0 Å². The Morgan fingerprint density at radius 1 is 1.12 bits per heavy atom. The zero-order valence-corrected chi connectivity index (χ0v) is 18.0. The molecule has 1 aromatic rings. The molecule has 1 aromatic carbocycles. The van der Waals surface area contributed by atoms with Gasteiger partial charge in [0.1, 0.15) is 0 Å². The Morgan fingerprint density at radius 2 is 1.75 bits per heavy atom. The molecule has 10 heteroatoms. The molecule has 32 heavy (non-hydrogen) atoms. The first-order valence-electron chi connectivity index (χ1n) is 10.8. The van der Waals surface area contributed by atoms with E-state index < -0.39 is 35.1 Å². The standard InChI is InChI=1S/C22H28F6N2O2/c1-3-4-7-29-19(31)16-11-20(2)18(6-5-17(16)30-20)32-12-13-8-14(21(23,24)25)10-15(9-13)22(26,27)28/h8-10,16-18,30H,3-7,11-12H2,1-2H3,(H,29,31). The van der Waals surface area contributed by atoms with Crippen LogP contribution in [0.4, 0.5) is 26.3 Å². The van der Waals surface area contributed by atoms with Crippen LogP contribution in [0.15, 0.2) is 18.2 Å². The lowest BCUT2D eigenvalue weighted by Crippen LogP contribution is -2.55. The number of unbranched alkanes of at least 4 members (excludes halogenated alkanes) is 1. The average molecular weight is 466 g/mol. The SMILES string of the molecule is CCCCNC(=O)C1CC2(C)NC1CCC2OCc1cc(C(F)(F)F)cc(C(F)(F)F)c1. The van der Waals surface area contributed by atoms with Crippen molar-refractivity contribution < 1.29 is 35.9 Å². The van der Waals surface area contributed by atoms with Gasteiger partial charge in [-0.3, -0.25) is 4.79 Å². The van der Waals surface area contributed by atoms with E-state index in [0.717, 1.165) is 12.8 Å². The van der Waals surface area contributed by atoms with Crippen molar-refractivity contribution in [3.8, 4) is 0 Å². The van der Waals surface area contributed by atoms with Gasteiger partial charge in [-0.25, -0.2) is 0 Å². The molecule has 0 spiro atoms. The molecule has 2 aliphatic rings. The summed E-state index contributed by atoms with van der Waals surface area (Å²) in [6, 6.07) is 1.47. The number of carbonyl (C=O) groups is 1. The van der Waals surface area contributed by atoms with Crippen LogP contribution in [0, 0.1) is 5.92 Å². The van der Waals surface area contributed by atoms with Crippen LogP contribution in [-0.4, -0.2) is 30.1 Å². The molecule has 3 rings (SSSR count). The number of alkyl halides is 6. The third-order valence-corrected chi connectivity index (χ3v) is 6.36. The minimum atomic E-state index is -4.90. The van der Waals surface area contributed by atoms with E-state index in [9.17, 15) is 31.1 Å². The lowest BCUT2D eigenvalue weighted by Gasteiger charge is -2.39. The van der Waals surface area contributed by atoms with Gasteiger partial charge in [0.15, 0.2) is 0 Å². The van der Waals surface area contributed by atoms with Crippen LogP contribution in [0.1, 0.15) is 62.6 Å². The Hall–Kier alpha value is -1.81. The summed E-state index contributed by atoms with van der Waals surface area (Å²) in [5, 5.41) is 6.34. The summed E-state index contributed by atoms with van der Waals surface area (Å²) in [7, 11) is 0. The van der Waals surface area contributed by atoms with Gasteiger partial charge in [-0.1, -0.05) is 13.3 Å². The van der Waals surface area contributed by atoms with Crippen molar-refractivity contribution in [1.82, 2.24) is 10.6 Å². The summed E-state index contributed by atoms with van der Waals surface area (Å²) in [5.74, 6) is -0.274. The summed E-state index contributed by atoms with van der Waals surface area (Å²) in [6.07, 6.45) is -6.67. The highest BCUT2D eigenvalue weighted by Gasteiger charge is 2.52. The third-order valence-electron chi connectivity index (χ3n) is 6.36. The summed E-state index contributed by atoms with van der Waals surface area (Å²) in [4.78, 5) is 12.5. The Kier molecular flexibility index (Phi) is 7.14. The number of fused-ring (bicyclic) bond motifs is 2. The van der Waals surface area contributed by atoms with Crippen LogP contribution < -0.4 is 10.6 Å². The minimum absolute atomic E-state index is 0.0214. The van der Waals surface area contributed by atoms with Gasteiger partial charge in [0, 0.05) is 18.1 Å². The van der Waals surface area contributed by atoms with Crippen LogP contribution in [0.5, 0.6) is 0 Å². The molecule has 2 saturated heterocycles. The molecule has 4 atom stereocenters. The van der Waals surface area contributed by atoms with Gasteiger partial charge >= 0.3 is 12.4 Å². The summed E-state index contributed by atoms with van der Waals surface area (Å²) in [5.41, 5.74) is -3.48. The highest BCUT2D eigenvalue weighted by atomic mass is 19.4. The second-order valence-corrected chi connectivity index (χ2v) is 8.91. The number of piperidine rings is 1. The Labute approximate surface area is 183 Å². The zero-order chi connectivity index (χ0) is 23.7. The molecule has 4 unspecified atom stereocenters. The van der Waals surface area contributed by atoms with Crippen molar-refractivity contribution in [3.63, 3.8) is 0 Å². The molecule has 0 aromatic heterocycles. The molecule has 1 amide bonds. The third kappa shape index (κ3) is 5.57. The largest absolute Gasteiger partial charge is 0.416 e. The fourth-order valence-corrected chi connectivity index (χ4v) is 4.69. The Morgan fingerprint density at radius 3 is 2.31 bits per heavy atom. The lowest BCUT2D eigenvalue weighted by atomic mass is 9.88. The van der Waals surface area contributed by atoms with Gasteiger partial charge in [0.05, 0.1) is 29.8 Å². The molecule has 2 heterocycles. The number of nitrogens with one attached hydrogen (secondary N) is 2. The van der Waals surface area contributed by atoms with Crippen LogP contribution in [-0.2, 0) is 28.5 Å². The first-order valence-corrected chi connectivity index (χ1v) is 10.8. The molecule has 2 aliphatic heterocycles. The molecular formula is C22H28F6N2O2. The second-order valence-electron chi connectivity index (χ2n) is 8.91. The van der Waals surface area contributed by atoms with Gasteiger partial charge in [-0.2, -0.15) is 26.3 Å². The first-order chi connectivity index (χ1) is 14.8. The highest BCUT2D eigenvalue weighted by Crippen LogP contribution is 2.42. The van der Waals surface area contributed by atoms with E-state index in [1.807, 2.05) is 13.8 Å². The molecule has 4 nitrogen and oxygen atoms in total. The maximum atomic E-state index is 13.1. The van der Waals surface area contributed by atoms with Crippen molar-refractivity contribution in [2.75, 3.05) is 6.54 Å². The summed E-state index contributed by atoms with van der Waals surface area (Å²) >= 11 is 0. The zero-order valence-electron chi connectivity index (χ0n) is 18.0. The number of amides is 1. The fraction of sp³-hybridized carbons (Fsp3) is 0.682. The van der Waals surface area contributed by atoms with E-state index in [4.69, 9.17) is 4.74 Å². The number of carbonyl (C=O) groups excluding carboxylic acids is 1. The maximum Gasteiger partial charge on any atom is 0.416 e. The van der Waals surface area contributed by atoms with Crippen molar-refractivity contribution in [1.29, 1.82) is 0 Å². The van der Waals surface area contributed by atoms with Crippen molar-refractivity contribution in [2.24, 2.45) is 5.92 Å². The van der Waals surface area contributed by atoms with E-state index >= 15 is 0 Å². The second kappa shape index (κ2) is 9.21. The van der Waals surface area contributed by atoms with Gasteiger partial charge in [-0.15, -0.1) is 0 Å². The molecule has 0 saturated carbocycles. The maximum absolute atomic E-state index is 13.1. The van der Waals surface area contributed by atoms with Crippen LogP contribution in [0.2, 0.25) is 0 Å². The number of ether oxygens (including phenoxy) is 1. The van der Waals surface area contributed by atoms with Gasteiger partial charge < -0.3 is 15.4 Å². The molecular weight excluding hydrogens is 438 g/mol. The number of halogens is 6. The van der Waals surface area contributed by atoms with Gasteiger partial charge in [-0.05, 0) is 56.4 Å². The van der Waals surface area contributed by atoms with E-state index in [2.05, 4.69) is 10.6 Å². The molecule has 2 fully saturated rings. The number of rotatable bonds is 7. The number of hydrogen-bond donors (Lipinski definition) is 2. The topological polar surface area (TPSA) is 50.4 Å². The van der Waals surface area contributed by atoms with Crippen molar-refractivity contribution in [2.45, 2.75) is 82.6 Å². The molecule has 0 radical (unpaired) electrons. The predicted molar refractivity (Wildman–Crippen MR) is 106 cm³/mol.